The van der Waals surface area contributed by atoms with Crippen LogP contribution in [0.5, 0.6) is 0 Å². The Morgan fingerprint density at radius 3 is 2.50 bits per heavy atom. The van der Waals surface area contributed by atoms with Crippen LogP contribution in [-0.4, -0.2) is 30.6 Å². The number of rotatable bonds is 5. The van der Waals surface area contributed by atoms with Crippen molar-refractivity contribution in [1.29, 1.82) is 0 Å². The second kappa shape index (κ2) is 9.80. The molecule has 1 heterocycles. The van der Waals surface area contributed by atoms with E-state index in [4.69, 9.17) is 0 Å². The third kappa shape index (κ3) is 5.09. The van der Waals surface area contributed by atoms with E-state index >= 15 is 0 Å². The summed E-state index contributed by atoms with van der Waals surface area (Å²) in [6.45, 7) is 9.51. The van der Waals surface area contributed by atoms with Crippen molar-refractivity contribution in [2.45, 2.75) is 59.3 Å². The number of hydrogen-bond donors (Lipinski definition) is 0. The normalized spacial score (nSPS) is 20.4. The third-order valence-electron chi connectivity index (χ3n) is 3.47. The van der Waals surface area contributed by atoms with Gasteiger partial charge in [-0.15, -0.1) is 0 Å². The second-order valence-electron chi connectivity index (χ2n) is 4.61. The maximum absolute atomic E-state index is 9.50. The lowest BCUT2D eigenvalue weighted by Crippen LogP contribution is -2.32. The van der Waals surface area contributed by atoms with Gasteiger partial charge in [-0.3, -0.25) is 4.39 Å². The number of alkyl halides is 1. The second-order valence-corrected chi connectivity index (χ2v) is 4.61. The van der Waals surface area contributed by atoms with Gasteiger partial charge in [-0.1, -0.05) is 26.7 Å². The molecule has 2 heteroatoms. The maximum Gasteiger partial charge on any atom is 0.152 e. The highest BCUT2D eigenvalue weighted by Crippen LogP contribution is 2.20. The molecule has 1 nitrogen and oxygen atoms in total. The molecule has 0 saturated heterocycles. The fraction of sp³-hybridized carbons (Fsp3) is 0.929. The predicted octanol–water partition coefficient (Wildman–Crippen LogP) is 4.06. The Bertz CT molecular complexity index is 199. The summed E-state index contributed by atoms with van der Waals surface area (Å²) < 4.78 is 12.1. The van der Waals surface area contributed by atoms with E-state index in [2.05, 4.69) is 25.3 Å². The zero-order valence-corrected chi connectivity index (χ0v) is 11.6. The van der Waals surface area contributed by atoms with E-state index in [0.717, 1.165) is 5.92 Å². The Hall–Kier alpha value is -0.400. The molecule has 0 bridgehead atoms. The summed E-state index contributed by atoms with van der Waals surface area (Å²) in [7, 11) is 0.500. The van der Waals surface area contributed by atoms with E-state index < -0.39 is 0 Å². The topological polar surface area (TPSA) is 3.01 Å². The van der Waals surface area contributed by atoms with Crippen molar-refractivity contribution in [3.63, 3.8) is 0 Å². The number of unbranched alkanes of at least 4 members (excludes halogenated alkanes) is 1. The summed E-state index contributed by atoms with van der Waals surface area (Å²) in [6.07, 6.45) is 8.30. The summed E-state index contributed by atoms with van der Waals surface area (Å²) in [4.78, 5) is 0. The van der Waals surface area contributed by atoms with E-state index in [-0.39, 0.29) is 0 Å². The molecule has 0 aliphatic carbocycles. The van der Waals surface area contributed by atoms with Crippen LogP contribution in [0.4, 0.5) is 4.39 Å². The molecule has 0 aromatic carbocycles. The van der Waals surface area contributed by atoms with Crippen LogP contribution in [0.25, 0.3) is 0 Å². The molecule has 0 radical (unpaired) electrons. The molecule has 96 valence electrons. The summed E-state index contributed by atoms with van der Waals surface area (Å²) in [5.74, 6) is 0.898. The van der Waals surface area contributed by atoms with Crippen molar-refractivity contribution in [2.75, 3.05) is 20.3 Å². The van der Waals surface area contributed by atoms with Crippen LogP contribution in [0.2, 0.25) is 0 Å². The Kier molecular flexibility index (Phi) is 9.55. The van der Waals surface area contributed by atoms with Crippen molar-refractivity contribution >= 4 is 5.71 Å². The van der Waals surface area contributed by atoms with Crippen LogP contribution in [-0.2, 0) is 0 Å². The number of nitrogens with zero attached hydrogens (tertiary/aromatic N) is 1. The van der Waals surface area contributed by atoms with Crippen molar-refractivity contribution in [2.24, 2.45) is 5.92 Å². The Labute approximate surface area is 101 Å². The Morgan fingerprint density at radius 2 is 1.94 bits per heavy atom. The fourth-order valence-corrected chi connectivity index (χ4v) is 2.53. The van der Waals surface area contributed by atoms with Crippen molar-refractivity contribution in [1.82, 2.24) is 0 Å². The van der Waals surface area contributed by atoms with Gasteiger partial charge in [0.05, 0.1) is 7.18 Å². The molecule has 1 aliphatic heterocycles. The molecule has 0 aromatic heterocycles. The van der Waals surface area contributed by atoms with Crippen LogP contribution in [0, 0.1) is 5.92 Å². The Balaban J connectivity index is 0.00000106. The molecule has 1 aliphatic rings. The first kappa shape index (κ1) is 15.6. The quantitative estimate of drug-likeness (QED) is 0.627. The maximum atomic E-state index is 9.50. The summed E-state index contributed by atoms with van der Waals surface area (Å²) in [5.41, 5.74) is 1.67. The number of halogens is 1. The van der Waals surface area contributed by atoms with E-state index in [0.29, 0.717) is 7.18 Å². The standard InChI is InChI=1S/C13H26N.CH3F/c1-4-6-8-13-9-7-11-14(10-5-2)12(13)3;1-2/h13H,4-11H2,1-3H3;1H3/q+1;. The highest BCUT2D eigenvalue weighted by Gasteiger charge is 2.24. The zero-order chi connectivity index (χ0) is 12.4. The summed E-state index contributed by atoms with van der Waals surface area (Å²) >= 11 is 0. The first-order chi connectivity index (χ1) is 7.79. The molecular formula is C14H29FN+. The molecule has 0 fully saturated rings. The van der Waals surface area contributed by atoms with Gasteiger partial charge in [0.25, 0.3) is 0 Å². The molecule has 0 spiro atoms. The van der Waals surface area contributed by atoms with Crippen LogP contribution < -0.4 is 0 Å². The molecule has 1 rings (SSSR count). The largest absolute Gasteiger partial charge is 0.255 e. The van der Waals surface area contributed by atoms with E-state index in [1.807, 2.05) is 0 Å². The van der Waals surface area contributed by atoms with Crippen LogP contribution in [0.15, 0.2) is 0 Å². The first-order valence-corrected chi connectivity index (χ1v) is 6.75. The van der Waals surface area contributed by atoms with Gasteiger partial charge in [-0.25, -0.2) is 4.58 Å². The highest BCUT2D eigenvalue weighted by atomic mass is 19.1. The summed E-state index contributed by atoms with van der Waals surface area (Å²) in [6, 6.07) is 0. The lowest BCUT2D eigenvalue weighted by molar-refractivity contribution is -0.535. The van der Waals surface area contributed by atoms with Gasteiger partial charge >= 0.3 is 0 Å². The van der Waals surface area contributed by atoms with Crippen LogP contribution in [0.3, 0.4) is 0 Å². The van der Waals surface area contributed by atoms with Gasteiger partial charge < -0.3 is 0 Å². The van der Waals surface area contributed by atoms with Gasteiger partial charge in [-0.2, -0.15) is 0 Å². The first-order valence-electron chi connectivity index (χ1n) is 6.75. The SMILES string of the molecule is CCCCC1CCC[N+](CCC)=C1C.CF. The molecule has 1 unspecified atom stereocenters. The van der Waals surface area contributed by atoms with Crippen LogP contribution in [0.1, 0.15) is 59.3 Å². The van der Waals surface area contributed by atoms with Crippen molar-refractivity contribution < 1.29 is 8.97 Å². The average molecular weight is 230 g/mol. The fourth-order valence-electron chi connectivity index (χ4n) is 2.53. The monoisotopic (exact) mass is 230 g/mol. The lowest BCUT2D eigenvalue weighted by atomic mass is 9.90. The number of hydrogen-bond acceptors (Lipinski definition) is 0. The molecule has 0 saturated carbocycles. The van der Waals surface area contributed by atoms with E-state index in [1.54, 1.807) is 5.71 Å². The molecule has 0 amide bonds. The third-order valence-corrected chi connectivity index (χ3v) is 3.47. The zero-order valence-electron chi connectivity index (χ0n) is 11.6. The molecule has 0 aromatic rings. The van der Waals surface area contributed by atoms with E-state index in [9.17, 15) is 4.39 Å². The van der Waals surface area contributed by atoms with Gasteiger partial charge in [0, 0.05) is 25.7 Å². The van der Waals surface area contributed by atoms with E-state index in [1.165, 1.54) is 51.6 Å². The molecular weight excluding hydrogens is 201 g/mol. The highest BCUT2D eigenvalue weighted by molar-refractivity contribution is 5.79. The average Bonchev–Trinajstić information content (AvgIpc) is 2.33. The molecule has 1 atom stereocenters. The smallest absolute Gasteiger partial charge is 0.152 e. The minimum atomic E-state index is 0.500. The van der Waals surface area contributed by atoms with Gasteiger partial charge in [0.1, 0.15) is 13.1 Å². The van der Waals surface area contributed by atoms with Gasteiger partial charge in [0.15, 0.2) is 5.71 Å². The molecule has 0 N–H and O–H groups in total. The minimum Gasteiger partial charge on any atom is -0.255 e. The Morgan fingerprint density at radius 1 is 1.25 bits per heavy atom. The van der Waals surface area contributed by atoms with Gasteiger partial charge in [0.2, 0.25) is 0 Å². The van der Waals surface area contributed by atoms with Crippen molar-refractivity contribution in [3.8, 4) is 0 Å². The summed E-state index contributed by atoms with van der Waals surface area (Å²) in [5, 5.41) is 0. The van der Waals surface area contributed by atoms with Crippen molar-refractivity contribution in [3.05, 3.63) is 0 Å². The molecule has 16 heavy (non-hydrogen) atoms. The minimum absolute atomic E-state index is 0.500. The van der Waals surface area contributed by atoms with Crippen LogP contribution >= 0.6 is 0 Å². The predicted molar refractivity (Wildman–Crippen MR) is 70.2 cm³/mol. The lowest BCUT2D eigenvalue weighted by Gasteiger charge is -2.21. The van der Waals surface area contributed by atoms with Gasteiger partial charge in [-0.05, 0) is 12.8 Å².